The molecular formula is C11H13N3O3. The van der Waals surface area contributed by atoms with Crippen LogP contribution in [-0.2, 0) is 9.47 Å². The fraction of sp³-hybridized carbons (Fsp3) is 0.545. The average molecular weight is 235 g/mol. The van der Waals surface area contributed by atoms with Crippen molar-refractivity contribution in [1.29, 1.82) is 0 Å². The number of hydrogen-bond donors (Lipinski definition) is 0. The molecule has 2 aliphatic rings. The molecule has 2 fully saturated rings. The van der Waals surface area contributed by atoms with Crippen molar-refractivity contribution >= 4 is 11.8 Å². The number of carbonyl (C=O) groups excluding carboxylic acids is 1. The van der Waals surface area contributed by atoms with Crippen LogP contribution in [0.15, 0.2) is 12.4 Å². The van der Waals surface area contributed by atoms with Gasteiger partial charge in [-0.1, -0.05) is 0 Å². The largest absolute Gasteiger partial charge is 0.464 e. The van der Waals surface area contributed by atoms with Crippen LogP contribution in [0.3, 0.4) is 0 Å². The Morgan fingerprint density at radius 3 is 2.71 bits per heavy atom. The topological polar surface area (TPSA) is 64.5 Å². The Morgan fingerprint density at radius 2 is 2.24 bits per heavy atom. The maximum Gasteiger partial charge on any atom is 0.358 e. The highest BCUT2D eigenvalue weighted by molar-refractivity contribution is 5.86. The SMILES string of the molecule is COC(=O)c1cnc(N2CC3(CCO3)C2)cn1. The van der Waals surface area contributed by atoms with E-state index in [1.807, 2.05) is 0 Å². The van der Waals surface area contributed by atoms with E-state index in [0.29, 0.717) is 0 Å². The van der Waals surface area contributed by atoms with Gasteiger partial charge in [0.25, 0.3) is 0 Å². The molecule has 0 amide bonds. The van der Waals surface area contributed by atoms with Gasteiger partial charge < -0.3 is 14.4 Å². The second-order valence-electron chi connectivity index (χ2n) is 4.39. The van der Waals surface area contributed by atoms with Crippen molar-refractivity contribution in [3.8, 4) is 0 Å². The molecule has 6 heteroatoms. The Morgan fingerprint density at radius 1 is 1.47 bits per heavy atom. The lowest BCUT2D eigenvalue weighted by Gasteiger charge is -2.55. The first-order valence-corrected chi connectivity index (χ1v) is 5.52. The van der Waals surface area contributed by atoms with Crippen LogP contribution in [0.4, 0.5) is 5.82 Å². The number of anilines is 1. The van der Waals surface area contributed by atoms with Crippen LogP contribution in [0.25, 0.3) is 0 Å². The third-order valence-electron chi connectivity index (χ3n) is 3.28. The first-order chi connectivity index (χ1) is 8.22. The van der Waals surface area contributed by atoms with Gasteiger partial charge in [-0.2, -0.15) is 0 Å². The first kappa shape index (κ1) is 10.5. The molecule has 90 valence electrons. The number of ether oxygens (including phenoxy) is 2. The van der Waals surface area contributed by atoms with Gasteiger partial charge in [-0.05, 0) is 0 Å². The Balaban J connectivity index is 1.67. The van der Waals surface area contributed by atoms with Crippen LogP contribution >= 0.6 is 0 Å². The summed E-state index contributed by atoms with van der Waals surface area (Å²) in [5.74, 6) is 0.310. The Kier molecular flexibility index (Phi) is 2.25. The number of carbonyl (C=O) groups is 1. The standard InChI is InChI=1S/C11H13N3O3/c1-16-10(15)8-4-13-9(5-12-8)14-6-11(7-14)2-3-17-11/h4-5H,2-3,6-7H2,1H3. The Hall–Kier alpha value is -1.69. The van der Waals surface area contributed by atoms with Crippen molar-refractivity contribution in [2.75, 3.05) is 31.7 Å². The predicted octanol–water partition coefficient (Wildman–Crippen LogP) is 0.242. The van der Waals surface area contributed by atoms with Crippen molar-refractivity contribution in [2.24, 2.45) is 0 Å². The molecule has 0 saturated carbocycles. The van der Waals surface area contributed by atoms with Crippen LogP contribution in [0, 0.1) is 0 Å². The van der Waals surface area contributed by atoms with E-state index >= 15 is 0 Å². The zero-order valence-electron chi connectivity index (χ0n) is 9.55. The first-order valence-electron chi connectivity index (χ1n) is 5.52. The molecule has 3 rings (SSSR count). The fourth-order valence-corrected chi connectivity index (χ4v) is 2.15. The molecule has 1 aromatic heterocycles. The Labute approximate surface area is 98.6 Å². The van der Waals surface area contributed by atoms with Gasteiger partial charge in [-0.25, -0.2) is 14.8 Å². The summed E-state index contributed by atoms with van der Waals surface area (Å²) in [4.78, 5) is 21.5. The van der Waals surface area contributed by atoms with Crippen molar-refractivity contribution in [3.63, 3.8) is 0 Å². The van der Waals surface area contributed by atoms with E-state index in [2.05, 4.69) is 19.6 Å². The van der Waals surface area contributed by atoms with Crippen LogP contribution in [-0.4, -0.2) is 48.3 Å². The molecule has 17 heavy (non-hydrogen) atoms. The van der Waals surface area contributed by atoms with E-state index in [1.165, 1.54) is 13.3 Å². The van der Waals surface area contributed by atoms with Crippen molar-refractivity contribution in [3.05, 3.63) is 18.1 Å². The van der Waals surface area contributed by atoms with E-state index in [-0.39, 0.29) is 11.3 Å². The molecule has 3 heterocycles. The molecule has 0 unspecified atom stereocenters. The Bertz CT molecular complexity index is 434. The van der Waals surface area contributed by atoms with E-state index in [1.54, 1.807) is 6.20 Å². The number of esters is 1. The summed E-state index contributed by atoms with van der Waals surface area (Å²) in [6, 6.07) is 0. The molecule has 1 spiro atoms. The summed E-state index contributed by atoms with van der Waals surface area (Å²) in [7, 11) is 1.32. The maximum atomic E-state index is 11.2. The summed E-state index contributed by atoms with van der Waals surface area (Å²) >= 11 is 0. The maximum absolute atomic E-state index is 11.2. The van der Waals surface area contributed by atoms with Crippen molar-refractivity contribution in [1.82, 2.24) is 9.97 Å². The number of methoxy groups -OCH3 is 1. The number of nitrogens with zero attached hydrogens (tertiary/aromatic N) is 3. The number of hydrogen-bond acceptors (Lipinski definition) is 6. The molecule has 0 N–H and O–H groups in total. The predicted molar refractivity (Wildman–Crippen MR) is 58.9 cm³/mol. The minimum Gasteiger partial charge on any atom is -0.464 e. The van der Waals surface area contributed by atoms with Crippen LogP contribution in [0.5, 0.6) is 0 Å². The highest BCUT2D eigenvalue weighted by atomic mass is 16.5. The fourth-order valence-electron chi connectivity index (χ4n) is 2.15. The van der Waals surface area contributed by atoms with Crippen LogP contribution < -0.4 is 4.90 Å². The molecule has 1 aromatic rings. The van der Waals surface area contributed by atoms with Gasteiger partial charge in [0.15, 0.2) is 5.69 Å². The molecule has 0 atom stereocenters. The molecule has 0 radical (unpaired) electrons. The summed E-state index contributed by atoms with van der Waals surface area (Å²) in [6.07, 6.45) is 4.16. The van der Waals surface area contributed by atoms with Gasteiger partial charge in [0, 0.05) is 6.42 Å². The zero-order chi connectivity index (χ0) is 11.9. The monoisotopic (exact) mass is 235 g/mol. The van der Waals surface area contributed by atoms with Crippen molar-refractivity contribution in [2.45, 2.75) is 12.0 Å². The van der Waals surface area contributed by atoms with Gasteiger partial charge >= 0.3 is 5.97 Å². The quantitative estimate of drug-likeness (QED) is 0.684. The lowest BCUT2D eigenvalue weighted by atomic mass is 9.86. The van der Waals surface area contributed by atoms with Gasteiger partial charge in [-0.3, -0.25) is 0 Å². The molecule has 0 bridgehead atoms. The number of aromatic nitrogens is 2. The minimum absolute atomic E-state index is 0.0721. The van der Waals surface area contributed by atoms with E-state index in [9.17, 15) is 4.79 Å². The molecule has 2 saturated heterocycles. The second kappa shape index (κ2) is 3.66. The van der Waals surface area contributed by atoms with Gasteiger partial charge in [0.2, 0.25) is 0 Å². The van der Waals surface area contributed by atoms with E-state index in [0.717, 1.165) is 31.9 Å². The average Bonchev–Trinajstić information content (AvgIpc) is 2.25. The molecule has 6 nitrogen and oxygen atoms in total. The molecule has 0 aromatic carbocycles. The van der Waals surface area contributed by atoms with Crippen LogP contribution in [0.1, 0.15) is 16.9 Å². The smallest absolute Gasteiger partial charge is 0.358 e. The third kappa shape index (κ3) is 1.64. The lowest BCUT2D eigenvalue weighted by Crippen LogP contribution is -2.68. The summed E-state index contributed by atoms with van der Waals surface area (Å²) in [6.45, 7) is 2.58. The normalized spacial score (nSPS) is 20.6. The number of rotatable bonds is 2. The second-order valence-corrected chi connectivity index (χ2v) is 4.39. The van der Waals surface area contributed by atoms with Crippen LogP contribution in [0.2, 0.25) is 0 Å². The lowest BCUT2D eigenvalue weighted by molar-refractivity contribution is -0.161. The molecular weight excluding hydrogens is 222 g/mol. The zero-order valence-corrected chi connectivity index (χ0v) is 9.55. The van der Waals surface area contributed by atoms with Gasteiger partial charge in [-0.15, -0.1) is 0 Å². The van der Waals surface area contributed by atoms with Gasteiger partial charge in [0.05, 0.1) is 39.2 Å². The summed E-state index contributed by atoms with van der Waals surface area (Å²) < 4.78 is 10.1. The highest BCUT2D eigenvalue weighted by Crippen LogP contribution is 2.37. The summed E-state index contributed by atoms with van der Waals surface area (Å²) in [5, 5.41) is 0. The minimum atomic E-state index is -0.466. The van der Waals surface area contributed by atoms with Crippen molar-refractivity contribution < 1.29 is 14.3 Å². The summed E-state index contributed by atoms with van der Waals surface area (Å²) in [5.41, 5.74) is 0.300. The third-order valence-corrected chi connectivity index (χ3v) is 3.28. The molecule has 2 aliphatic heterocycles. The van der Waals surface area contributed by atoms with E-state index in [4.69, 9.17) is 4.74 Å². The van der Waals surface area contributed by atoms with E-state index < -0.39 is 5.97 Å². The highest BCUT2D eigenvalue weighted by Gasteiger charge is 2.49. The molecule has 0 aliphatic carbocycles. The van der Waals surface area contributed by atoms with Gasteiger partial charge in [0.1, 0.15) is 11.4 Å².